The van der Waals surface area contributed by atoms with Crippen LogP contribution in [0.5, 0.6) is 0 Å². The molecular formula is C12H14F2N2O3S. The number of rotatable bonds is 3. The zero-order valence-corrected chi connectivity index (χ0v) is 11.6. The summed E-state index contributed by atoms with van der Waals surface area (Å²) in [6, 6.07) is 2.13. The summed E-state index contributed by atoms with van der Waals surface area (Å²) in [5, 5.41) is 4.94. The monoisotopic (exact) mass is 304 g/mol. The third-order valence-corrected chi connectivity index (χ3v) is 4.19. The molecule has 1 aromatic carbocycles. The number of amides is 1. The molecule has 5 nitrogen and oxygen atoms in total. The van der Waals surface area contributed by atoms with Gasteiger partial charge in [-0.2, -0.15) is 0 Å². The molecule has 1 saturated heterocycles. The van der Waals surface area contributed by atoms with Gasteiger partial charge in [0.2, 0.25) is 15.9 Å². The molecule has 1 aliphatic heterocycles. The summed E-state index contributed by atoms with van der Waals surface area (Å²) >= 11 is 0. The van der Waals surface area contributed by atoms with Crippen LogP contribution in [0.3, 0.4) is 0 Å². The largest absolute Gasteiger partial charge is 0.312 e. The molecular weight excluding hydrogens is 290 g/mol. The minimum atomic E-state index is -3.69. The topological polar surface area (TPSA) is 80.5 Å². The van der Waals surface area contributed by atoms with Crippen LogP contribution in [-0.2, 0) is 14.8 Å². The number of hydrogen-bond acceptors (Lipinski definition) is 3. The number of carbonyl (C=O) groups excluding carboxylic acids is 1. The summed E-state index contributed by atoms with van der Waals surface area (Å²) in [5.74, 6) is -2.66. The van der Waals surface area contributed by atoms with E-state index in [0.29, 0.717) is 0 Å². The normalized spacial score (nSPS) is 19.7. The highest BCUT2D eigenvalue weighted by Gasteiger charge is 2.33. The quantitative estimate of drug-likeness (QED) is 0.901. The van der Waals surface area contributed by atoms with E-state index < -0.39 is 27.6 Å². The Kier molecular flexibility index (Phi) is 3.79. The first-order valence-electron chi connectivity index (χ1n) is 5.94. The van der Waals surface area contributed by atoms with Gasteiger partial charge in [-0.25, -0.2) is 22.3 Å². The summed E-state index contributed by atoms with van der Waals surface area (Å²) in [6.07, 6.45) is -0.00640. The predicted molar refractivity (Wildman–Crippen MR) is 69.5 cm³/mol. The molecule has 1 atom stereocenters. The second-order valence-corrected chi connectivity index (χ2v) is 6.60. The Morgan fingerprint density at radius 2 is 1.90 bits per heavy atom. The predicted octanol–water partition coefficient (Wildman–Crippen LogP) is 0.915. The lowest BCUT2D eigenvalue weighted by Crippen LogP contribution is -2.27. The van der Waals surface area contributed by atoms with Gasteiger partial charge in [0.05, 0.1) is 5.75 Å². The average Bonchev–Trinajstić information content (AvgIpc) is 2.63. The molecule has 2 N–H and O–H groups in total. The number of benzene rings is 1. The minimum absolute atomic E-state index is 0.00640. The van der Waals surface area contributed by atoms with Crippen molar-refractivity contribution in [1.29, 1.82) is 0 Å². The molecule has 0 aliphatic carbocycles. The lowest BCUT2D eigenvalue weighted by Gasteiger charge is -2.17. The molecule has 0 radical (unpaired) electrons. The van der Waals surface area contributed by atoms with Crippen molar-refractivity contribution in [2.75, 3.05) is 17.2 Å². The maximum atomic E-state index is 13.5. The van der Waals surface area contributed by atoms with Crippen molar-refractivity contribution in [3.8, 4) is 0 Å². The van der Waals surface area contributed by atoms with Crippen LogP contribution in [-0.4, -0.2) is 26.6 Å². The molecule has 0 saturated carbocycles. The van der Waals surface area contributed by atoms with E-state index in [0.717, 1.165) is 12.1 Å². The van der Waals surface area contributed by atoms with Crippen LogP contribution in [0, 0.1) is 24.5 Å². The van der Waals surface area contributed by atoms with Crippen LogP contribution < -0.4 is 10.0 Å². The fourth-order valence-electron chi connectivity index (χ4n) is 2.26. The molecule has 0 aromatic heterocycles. The van der Waals surface area contributed by atoms with Gasteiger partial charge in [0.1, 0.15) is 11.6 Å². The molecule has 1 unspecified atom stereocenters. The number of sulfonamides is 1. The molecule has 1 aliphatic rings. The molecule has 20 heavy (non-hydrogen) atoms. The highest BCUT2D eigenvalue weighted by atomic mass is 32.2. The fourth-order valence-corrected chi connectivity index (χ4v) is 3.14. The fraction of sp³-hybridized carbons (Fsp3) is 0.417. The van der Waals surface area contributed by atoms with E-state index >= 15 is 0 Å². The number of anilines is 1. The summed E-state index contributed by atoms with van der Waals surface area (Å²) in [6.45, 7) is 1.38. The maximum absolute atomic E-state index is 13.5. The minimum Gasteiger partial charge on any atom is -0.312 e. The summed E-state index contributed by atoms with van der Waals surface area (Å²) < 4.78 is 49.0. The average molecular weight is 304 g/mol. The second kappa shape index (κ2) is 5.10. The van der Waals surface area contributed by atoms with Crippen LogP contribution in [0.4, 0.5) is 14.5 Å². The van der Waals surface area contributed by atoms with Gasteiger partial charge >= 0.3 is 0 Å². The van der Waals surface area contributed by atoms with E-state index in [1.807, 2.05) is 0 Å². The molecule has 0 bridgehead atoms. The first-order chi connectivity index (χ1) is 9.17. The van der Waals surface area contributed by atoms with Crippen LogP contribution in [0.1, 0.15) is 12.0 Å². The van der Waals surface area contributed by atoms with Crippen molar-refractivity contribution in [3.05, 3.63) is 29.3 Å². The van der Waals surface area contributed by atoms with Gasteiger partial charge < -0.3 is 4.90 Å². The molecule has 0 spiro atoms. The van der Waals surface area contributed by atoms with Crippen LogP contribution >= 0.6 is 0 Å². The van der Waals surface area contributed by atoms with Gasteiger partial charge in [-0.15, -0.1) is 0 Å². The first-order valence-corrected chi connectivity index (χ1v) is 7.65. The standard InChI is InChI=1S/C12H14F2N2O3S/c1-7-10(13)3-9(4-11(7)14)16-5-8(2-12(16)17)6-20(15,18)19/h3-4,8H,2,5-6H2,1H3,(H2,15,18,19). The van der Waals surface area contributed by atoms with Crippen LogP contribution in [0.2, 0.25) is 0 Å². The first kappa shape index (κ1) is 14.9. The number of nitrogens with zero attached hydrogens (tertiary/aromatic N) is 1. The summed E-state index contributed by atoms with van der Waals surface area (Å²) in [7, 11) is -3.69. The maximum Gasteiger partial charge on any atom is 0.227 e. The van der Waals surface area contributed by atoms with Gasteiger partial charge in [-0.05, 0) is 19.1 Å². The number of nitrogens with two attached hydrogens (primary N) is 1. The number of primary sulfonamides is 1. The van der Waals surface area contributed by atoms with Gasteiger partial charge in [0.25, 0.3) is 0 Å². The molecule has 1 heterocycles. The second-order valence-electron chi connectivity index (χ2n) is 4.94. The van der Waals surface area contributed by atoms with E-state index in [4.69, 9.17) is 5.14 Å². The SMILES string of the molecule is Cc1c(F)cc(N2CC(CS(N)(=O)=O)CC2=O)cc1F. The Balaban J connectivity index is 2.24. The van der Waals surface area contributed by atoms with Gasteiger partial charge in [-0.3, -0.25) is 4.79 Å². The van der Waals surface area contributed by atoms with Crippen molar-refractivity contribution in [2.45, 2.75) is 13.3 Å². The Bertz CT molecular complexity index is 638. The smallest absolute Gasteiger partial charge is 0.227 e. The van der Waals surface area contributed by atoms with E-state index in [9.17, 15) is 22.0 Å². The number of halogens is 2. The Hall–Kier alpha value is -1.54. The highest BCUT2D eigenvalue weighted by molar-refractivity contribution is 7.89. The molecule has 1 aromatic rings. The zero-order chi connectivity index (χ0) is 15.1. The molecule has 110 valence electrons. The third kappa shape index (κ3) is 3.13. The molecule has 1 amide bonds. The zero-order valence-electron chi connectivity index (χ0n) is 10.8. The van der Waals surface area contributed by atoms with Gasteiger partial charge in [-0.1, -0.05) is 0 Å². The van der Waals surface area contributed by atoms with E-state index in [-0.39, 0.29) is 35.9 Å². The van der Waals surface area contributed by atoms with Crippen LogP contribution in [0.25, 0.3) is 0 Å². The Labute approximate surface area is 115 Å². The van der Waals surface area contributed by atoms with Gasteiger partial charge in [0, 0.05) is 30.1 Å². The third-order valence-electron chi connectivity index (χ3n) is 3.25. The lowest BCUT2D eigenvalue weighted by atomic mass is 10.1. The Morgan fingerprint density at radius 3 is 2.40 bits per heavy atom. The van der Waals surface area contributed by atoms with Crippen molar-refractivity contribution < 1.29 is 22.0 Å². The van der Waals surface area contributed by atoms with Crippen LogP contribution in [0.15, 0.2) is 12.1 Å². The van der Waals surface area contributed by atoms with E-state index in [1.165, 1.54) is 11.8 Å². The lowest BCUT2D eigenvalue weighted by molar-refractivity contribution is -0.117. The van der Waals surface area contributed by atoms with Crippen molar-refractivity contribution in [2.24, 2.45) is 11.1 Å². The molecule has 2 rings (SSSR count). The van der Waals surface area contributed by atoms with Gasteiger partial charge in [0.15, 0.2) is 0 Å². The van der Waals surface area contributed by atoms with E-state index in [1.54, 1.807) is 0 Å². The van der Waals surface area contributed by atoms with Crippen molar-refractivity contribution >= 4 is 21.6 Å². The highest BCUT2D eigenvalue weighted by Crippen LogP contribution is 2.28. The number of carbonyl (C=O) groups is 1. The molecule has 1 fully saturated rings. The molecule has 8 heteroatoms. The summed E-state index contributed by atoms with van der Waals surface area (Å²) in [4.78, 5) is 13.0. The Morgan fingerprint density at radius 1 is 1.35 bits per heavy atom. The number of hydrogen-bond donors (Lipinski definition) is 1. The van der Waals surface area contributed by atoms with E-state index in [2.05, 4.69) is 0 Å². The van der Waals surface area contributed by atoms with Crippen molar-refractivity contribution in [3.63, 3.8) is 0 Å². The van der Waals surface area contributed by atoms with Crippen molar-refractivity contribution in [1.82, 2.24) is 0 Å². The summed E-state index contributed by atoms with van der Waals surface area (Å²) in [5.41, 5.74) is -0.0333.